The lowest BCUT2D eigenvalue weighted by atomic mass is 10.0. The Morgan fingerprint density at radius 1 is 1.43 bits per heavy atom. The van der Waals surface area contributed by atoms with Gasteiger partial charge in [-0.25, -0.2) is 4.52 Å². The summed E-state index contributed by atoms with van der Waals surface area (Å²) >= 11 is 0. The number of rotatable bonds is 1. The summed E-state index contributed by atoms with van der Waals surface area (Å²) in [5.74, 6) is 1.04. The third kappa shape index (κ3) is 0.937. The number of hydrogen-bond donors (Lipinski definition) is 0. The van der Waals surface area contributed by atoms with Gasteiger partial charge in [0.1, 0.15) is 11.5 Å². The molecule has 0 spiro atoms. The molecule has 0 amide bonds. The molecular weight excluding hydrogens is 180 g/mol. The highest BCUT2D eigenvalue weighted by Crippen LogP contribution is 2.24. The van der Waals surface area contributed by atoms with Crippen molar-refractivity contribution in [3.8, 4) is 0 Å². The van der Waals surface area contributed by atoms with E-state index in [0.29, 0.717) is 11.4 Å². The molecule has 0 bridgehead atoms. The average molecular weight is 190 g/mol. The lowest BCUT2D eigenvalue weighted by Gasteiger charge is -2.07. The molecule has 0 saturated heterocycles. The van der Waals surface area contributed by atoms with E-state index >= 15 is 0 Å². The number of aromatic nitrogens is 2. The fourth-order valence-electron chi connectivity index (χ4n) is 2.03. The summed E-state index contributed by atoms with van der Waals surface area (Å²) in [6.07, 6.45) is 5.11. The van der Waals surface area contributed by atoms with Crippen LogP contribution in [0.1, 0.15) is 34.8 Å². The summed E-state index contributed by atoms with van der Waals surface area (Å²) in [6, 6.07) is 1.69. The predicted octanol–water partition coefficient (Wildman–Crippen LogP) is 1.62. The fourth-order valence-corrected chi connectivity index (χ4v) is 2.03. The van der Waals surface area contributed by atoms with Crippen LogP contribution in [0.5, 0.6) is 0 Å². The summed E-state index contributed by atoms with van der Waals surface area (Å²) in [7, 11) is 0. The Labute approximate surface area is 80.5 Å². The van der Waals surface area contributed by atoms with Crippen molar-refractivity contribution in [3.05, 3.63) is 23.2 Å². The molecule has 0 unspecified atom stereocenters. The Morgan fingerprint density at radius 3 is 3.14 bits per heavy atom. The van der Waals surface area contributed by atoms with Gasteiger partial charge in [0.25, 0.3) is 0 Å². The van der Waals surface area contributed by atoms with Gasteiger partial charge >= 0.3 is 0 Å². The molecule has 0 atom stereocenters. The van der Waals surface area contributed by atoms with E-state index in [1.807, 2.05) is 0 Å². The maximum absolute atomic E-state index is 10.5. The molecule has 0 radical (unpaired) electrons. The van der Waals surface area contributed by atoms with Crippen molar-refractivity contribution in [1.82, 2.24) is 9.61 Å². The molecule has 3 rings (SSSR count). The molecule has 0 aliphatic heterocycles. The van der Waals surface area contributed by atoms with E-state index in [4.69, 9.17) is 4.42 Å². The van der Waals surface area contributed by atoms with Crippen molar-refractivity contribution in [2.45, 2.75) is 25.7 Å². The van der Waals surface area contributed by atoms with E-state index in [2.05, 4.69) is 5.10 Å². The van der Waals surface area contributed by atoms with Gasteiger partial charge in [-0.05, 0) is 19.3 Å². The van der Waals surface area contributed by atoms with Crippen LogP contribution in [0.2, 0.25) is 0 Å². The maximum atomic E-state index is 10.5. The minimum absolute atomic E-state index is 0.442. The number of carbonyl (C=O) groups is 1. The van der Waals surface area contributed by atoms with Crippen LogP contribution in [0.4, 0.5) is 0 Å². The normalized spacial score (nSPS) is 15.7. The van der Waals surface area contributed by atoms with Gasteiger partial charge < -0.3 is 4.42 Å². The Kier molecular flexibility index (Phi) is 1.50. The molecule has 72 valence electrons. The molecule has 0 fully saturated rings. The number of carbonyl (C=O) groups excluding carboxylic acids is 1. The number of hydrogen-bond acceptors (Lipinski definition) is 3. The highest BCUT2D eigenvalue weighted by Gasteiger charge is 2.19. The lowest BCUT2D eigenvalue weighted by molar-refractivity contribution is 0.111. The zero-order valence-corrected chi connectivity index (χ0v) is 7.69. The minimum Gasteiger partial charge on any atom is -0.441 e. The van der Waals surface area contributed by atoms with E-state index in [-0.39, 0.29) is 0 Å². The molecule has 2 aromatic heterocycles. The van der Waals surface area contributed by atoms with Crippen LogP contribution in [0.25, 0.3) is 5.71 Å². The first-order valence-electron chi connectivity index (χ1n) is 4.84. The Morgan fingerprint density at radius 2 is 2.29 bits per heavy atom. The molecular formula is C10H10N2O2. The van der Waals surface area contributed by atoms with Crippen LogP contribution in [-0.4, -0.2) is 15.9 Å². The third-order valence-electron chi connectivity index (χ3n) is 2.69. The molecule has 0 aromatic carbocycles. The molecule has 2 aromatic rings. The zero-order valence-electron chi connectivity index (χ0n) is 7.69. The summed E-state index contributed by atoms with van der Waals surface area (Å²) in [5.41, 5.74) is 2.27. The largest absolute Gasteiger partial charge is 0.441 e. The molecule has 4 heteroatoms. The van der Waals surface area contributed by atoms with Crippen LogP contribution in [-0.2, 0) is 12.8 Å². The van der Waals surface area contributed by atoms with Crippen molar-refractivity contribution in [1.29, 1.82) is 0 Å². The fraction of sp³-hybridized carbons (Fsp3) is 0.400. The van der Waals surface area contributed by atoms with Gasteiger partial charge in [0.05, 0.1) is 5.69 Å². The highest BCUT2D eigenvalue weighted by molar-refractivity contribution is 5.73. The molecule has 14 heavy (non-hydrogen) atoms. The van der Waals surface area contributed by atoms with Crippen molar-refractivity contribution in [3.63, 3.8) is 0 Å². The third-order valence-corrected chi connectivity index (χ3v) is 2.69. The second-order valence-corrected chi connectivity index (χ2v) is 3.62. The summed E-state index contributed by atoms with van der Waals surface area (Å²) in [5, 5.41) is 4.16. The van der Waals surface area contributed by atoms with E-state index in [9.17, 15) is 4.79 Å². The van der Waals surface area contributed by atoms with Crippen LogP contribution in [0.15, 0.2) is 10.5 Å². The number of aldehydes is 1. The van der Waals surface area contributed by atoms with E-state index in [1.54, 1.807) is 10.6 Å². The highest BCUT2D eigenvalue weighted by atomic mass is 16.4. The van der Waals surface area contributed by atoms with Crippen LogP contribution >= 0.6 is 0 Å². The van der Waals surface area contributed by atoms with Crippen molar-refractivity contribution in [2.75, 3.05) is 0 Å². The SMILES string of the molecule is O=Cc1cc2oc3c(n2n1)CCCC3. The van der Waals surface area contributed by atoms with Crippen molar-refractivity contribution >= 4 is 12.0 Å². The molecule has 1 aliphatic rings. The topological polar surface area (TPSA) is 47.5 Å². The van der Waals surface area contributed by atoms with Crippen LogP contribution in [0.3, 0.4) is 0 Å². The second kappa shape index (κ2) is 2.70. The summed E-state index contributed by atoms with van der Waals surface area (Å²) in [4.78, 5) is 10.5. The molecule has 2 heterocycles. The van der Waals surface area contributed by atoms with Crippen LogP contribution < -0.4 is 0 Å². The van der Waals surface area contributed by atoms with Gasteiger partial charge in [0, 0.05) is 12.5 Å². The molecule has 1 aliphatic carbocycles. The van der Waals surface area contributed by atoms with Crippen LogP contribution in [0, 0.1) is 0 Å². The Hall–Kier alpha value is -1.58. The average Bonchev–Trinajstić information content (AvgIpc) is 2.73. The number of aryl methyl sites for hydroxylation is 2. The molecule has 0 N–H and O–H groups in total. The summed E-state index contributed by atoms with van der Waals surface area (Å²) < 4.78 is 7.38. The minimum atomic E-state index is 0.442. The second-order valence-electron chi connectivity index (χ2n) is 3.62. The van der Waals surface area contributed by atoms with Crippen molar-refractivity contribution < 1.29 is 9.21 Å². The number of nitrogens with zero attached hydrogens (tertiary/aromatic N) is 2. The first-order chi connectivity index (χ1) is 6.88. The van der Waals surface area contributed by atoms with E-state index in [1.165, 1.54) is 12.8 Å². The van der Waals surface area contributed by atoms with Gasteiger partial charge in [-0.15, -0.1) is 0 Å². The number of fused-ring (bicyclic) bond motifs is 3. The molecule has 0 saturated carbocycles. The quantitative estimate of drug-likeness (QED) is 0.642. The van der Waals surface area contributed by atoms with Gasteiger partial charge in [0.2, 0.25) is 5.71 Å². The molecule has 4 nitrogen and oxygen atoms in total. The number of oxazole rings is 1. The van der Waals surface area contributed by atoms with Gasteiger partial charge in [-0.2, -0.15) is 5.10 Å². The van der Waals surface area contributed by atoms with Gasteiger partial charge in [-0.3, -0.25) is 4.79 Å². The smallest absolute Gasteiger partial charge is 0.222 e. The van der Waals surface area contributed by atoms with Gasteiger partial charge in [0.15, 0.2) is 6.29 Å². The Bertz CT molecular complexity index is 495. The summed E-state index contributed by atoms with van der Waals surface area (Å²) in [6.45, 7) is 0. The van der Waals surface area contributed by atoms with E-state index < -0.39 is 0 Å². The first kappa shape index (κ1) is 7.79. The van der Waals surface area contributed by atoms with E-state index in [0.717, 1.165) is 30.6 Å². The Balaban J connectivity index is 2.26. The zero-order chi connectivity index (χ0) is 9.54. The van der Waals surface area contributed by atoms with Gasteiger partial charge in [-0.1, -0.05) is 0 Å². The standard InChI is InChI=1S/C10H10N2O2/c13-6-7-5-10-12(11-7)8-3-1-2-4-9(8)14-10/h5-6H,1-4H2. The monoisotopic (exact) mass is 190 g/mol. The maximum Gasteiger partial charge on any atom is 0.222 e. The predicted molar refractivity (Wildman–Crippen MR) is 49.5 cm³/mol. The van der Waals surface area contributed by atoms with Crippen molar-refractivity contribution in [2.24, 2.45) is 0 Å². The lowest BCUT2D eigenvalue weighted by Crippen LogP contribution is -2.04. The first-order valence-corrected chi connectivity index (χ1v) is 4.84.